The van der Waals surface area contributed by atoms with E-state index in [-0.39, 0.29) is 0 Å². The van der Waals surface area contributed by atoms with Crippen molar-refractivity contribution in [3.63, 3.8) is 0 Å². The SMILES string of the molecule is c1cncc(-c2ccc(-c3ccnc(-c4ccc5c(-c6ccc7ccccc7c6)c6ccccc6c(-c6ccc7ccccc7c6)c5c4)n3)cc2)c1. The maximum atomic E-state index is 5.12. The van der Waals surface area contributed by atoms with Gasteiger partial charge in [-0.1, -0.05) is 140 Å². The predicted molar refractivity (Wildman–Crippen MR) is 217 cm³/mol. The van der Waals surface area contributed by atoms with E-state index in [1.165, 1.54) is 65.3 Å². The molecule has 0 aliphatic rings. The Hall–Kier alpha value is -6.97. The second kappa shape index (κ2) is 12.4. The number of benzene rings is 8. The van der Waals surface area contributed by atoms with Gasteiger partial charge in [-0.15, -0.1) is 0 Å². The molecule has 0 aliphatic heterocycles. The van der Waals surface area contributed by atoms with Crippen molar-refractivity contribution in [3.05, 3.63) is 188 Å². The zero-order valence-corrected chi connectivity index (χ0v) is 28.2. The number of pyridine rings is 1. The molecule has 10 aromatic rings. The molecule has 0 N–H and O–H groups in total. The van der Waals surface area contributed by atoms with Crippen molar-refractivity contribution < 1.29 is 0 Å². The molecule has 3 nitrogen and oxygen atoms in total. The van der Waals surface area contributed by atoms with E-state index < -0.39 is 0 Å². The second-order valence-electron chi connectivity index (χ2n) is 13.3. The molecule has 0 fully saturated rings. The Bertz CT molecular complexity index is 2950. The van der Waals surface area contributed by atoms with Crippen LogP contribution >= 0.6 is 0 Å². The van der Waals surface area contributed by atoms with Gasteiger partial charge in [-0.2, -0.15) is 0 Å². The van der Waals surface area contributed by atoms with Gasteiger partial charge in [0.2, 0.25) is 0 Å². The van der Waals surface area contributed by atoms with Crippen LogP contribution in [0, 0.1) is 0 Å². The quantitative estimate of drug-likeness (QED) is 0.172. The van der Waals surface area contributed by atoms with Crippen LogP contribution in [0.4, 0.5) is 0 Å². The maximum Gasteiger partial charge on any atom is 0.159 e. The van der Waals surface area contributed by atoms with Gasteiger partial charge >= 0.3 is 0 Å². The van der Waals surface area contributed by atoms with Crippen molar-refractivity contribution >= 4 is 43.1 Å². The van der Waals surface area contributed by atoms with Crippen molar-refractivity contribution in [1.82, 2.24) is 15.0 Å². The lowest BCUT2D eigenvalue weighted by Crippen LogP contribution is -1.94. The Balaban J connectivity index is 1.19. The van der Waals surface area contributed by atoms with Crippen LogP contribution < -0.4 is 0 Å². The Morgan fingerprint density at radius 1 is 0.327 bits per heavy atom. The van der Waals surface area contributed by atoms with E-state index in [9.17, 15) is 0 Å². The largest absolute Gasteiger partial charge is 0.264 e. The molecule has 0 amide bonds. The molecule has 242 valence electrons. The Morgan fingerprint density at radius 2 is 0.885 bits per heavy atom. The van der Waals surface area contributed by atoms with Crippen LogP contribution in [0.1, 0.15) is 0 Å². The summed E-state index contributed by atoms with van der Waals surface area (Å²) in [7, 11) is 0. The van der Waals surface area contributed by atoms with Gasteiger partial charge < -0.3 is 0 Å². The summed E-state index contributed by atoms with van der Waals surface area (Å²) in [4.78, 5) is 14.2. The van der Waals surface area contributed by atoms with E-state index in [1.807, 2.05) is 24.5 Å². The minimum atomic E-state index is 0.695. The first-order chi connectivity index (χ1) is 25.8. The van der Waals surface area contributed by atoms with Gasteiger partial charge in [-0.25, -0.2) is 9.97 Å². The summed E-state index contributed by atoms with van der Waals surface area (Å²) < 4.78 is 0. The topological polar surface area (TPSA) is 38.7 Å². The molecular weight excluding hydrogens is 631 g/mol. The molecule has 10 rings (SSSR count). The zero-order chi connectivity index (χ0) is 34.4. The Morgan fingerprint density at radius 3 is 1.54 bits per heavy atom. The summed E-state index contributed by atoms with van der Waals surface area (Å²) in [6.45, 7) is 0. The van der Waals surface area contributed by atoms with Gasteiger partial charge in [0, 0.05) is 29.7 Å². The monoisotopic (exact) mass is 661 g/mol. The summed E-state index contributed by atoms with van der Waals surface area (Å²) in [6.07, 6.45) is 5.55. The lowest BCUT2D eigenvalue weighted by atomic mass is 9.84. The fourth-order valence-electron chi connectivity index (χ4n) is 7.65. The summed E-state index contributed by atoms with van der Waals surface area (Å²) in [5.74, 6) is 0.695. The maximum absolute atomic E-state index is 5.12. The molecule has 8 aromatic carbocycles. The highest BCUT2D eigenvalue weighted by Gasteiger charge is 2.19. The number of nitrogens with zero attached hydrogens (tertiary/aromatic N) is 3. The second-order valence-corrected chi connectivity index (χ2v) is 13.3. The minimum absolute atomic E-state index is 0.695. The van der Waals surface area contributed by atoms with E-state index >= 15 is 0 Å². The molecule has 0 spiro atoms. The smallest absolute Gasteiger partial charge is 0.159 e. The fourth-order valence-corrected chi connectivity index (χ4v) is 7.65. The number of fused-ring (bicyclic) bond motifs is 4. The van der Waals surface area contributed by atoms with Crippen LogP contribution in [0.3, 0.4) is 0 Å². The molecule has 0 saturated carbocycles. The summed E-state index contributed by atoms with van der Waals surface area (Å²) in [5, 5.41) is 9.73. The first-order valence-electron chi connectivity index (χ1n) is 17.6. The first kappa shape index (κ1) is 29.9. The van der Waals surface area contributed by atoms with Crippen LogP contribution in [0.15, 0.2) is 188 Å². The van der Waals surface area contributed by atoms with Crippen LogP contribution in [0.2, 0.25) is 0 Å². The number of hydrogen-bond donors (Lipinski definition) is 0. The van der Waals surface area contributed by atoms with Gasteiger partial charge in [-0.05, 0) is 107 Å². The predicted octanol–water partition coefficient (Wildman–Crippen LogP) is 12.8. The molecule has 2 aromatic heterocycles. The molecular formula is C49H31N3. The lowest BCUT2D eigenvalue weighted by molar-refractivity contribution is 1.18. The van der Waals surface area contributed by atoms with Crippen LogP contribution in [0.5, 0.6) is 0 Å². The van der Waals surface area contributed by atoms with Gasteiger partial charge in [0.25, 0.3) is 0 Å². The molecule has 0 aliphatic carbocycles. The fraction of sp³-hybridized carbons (Fsp3) is 0. The number of hydrogen-bond acceptors (Lipinski definition) is 3. The van der Waals surface area contributed by atoms with Crippen LogP contribution in [0.25, 0.3) is 99.1 Å². The van der Waals surface area contributed by atoms with Gasteiger partial charge in [0.05, 0.1) is 5.69 Å². The van der Waals surface area contributed by atoms with Gasteiger partial charge in [-0.3, -0.25) is 4.98 Å². The van der Waals surface area contributed by atoms with Crippen LogP contribution in [-0.2, 0) is 0 Å². The number of aromatic nitrogens is 3. The molecule has 0 bridgehead atoms. The molecule has 3 heteroatoms. The standard InChI is InChI=1S/C49H31N3/c1-3-10-36-28-38(21-17-32(36)8-1)47-42-13-5-6-14-43(42)48(39-22-18-33-9-2-4-11-37(33)29-39)45-30-40(23-24-44(45)47)49-51-27-25-46(52-49)35-19-15-34(16-20-35)41-12-7-26-50-31-41/h1-31H. The highest BCUT2D eigenvalue weighted by atomic mass is 14.9. The third-order valence-corrected chi connectivity index (χ3v) is 10.2. The van der Waals surface area contributed by atoms with E-state index in [0.29, 0.717) is 5.82 Å². The van der Waals surface area contributed by atoms with E-state index in [2.05, 4.69) is 163 Å². The van der Waals surface area contributed by atoms with Crippen LogP contribution in [-0.4, -0.2) is 15.0 Å². The molecule has 0 radical (unpaired) electrons. The Kier molecular flexibility index (Phi) is 7.14. The Labute approximate surface area is 301 Å². The van der Waals surface area contributed by atoms with E-state index in [1.54, 1.807) is 6.20 Å². The van der Waals surface area contributed by atoms with Gasteiger partial charge in [0.15, 0.2) is 5.82 Å². The summed E-state index contributed by atoms with van der Waals surface area (Å²) in [6, 6.07) is 60.9. The molecule has 2 heterocycles. The lowest BCUT2D eigenvalue weighted by Gasteiger charge is -2.19. The van der Waals surface area contributed by atoms with Crippen molar-refractivity contribution in [3.8, 4) is 56.0 Å². The molecule has 0 atom stereocenters. The van der Waals surface area contributed by atoms with Crippen molar-refractivity contribution in [1.29, 1.82) is 0 Å². The third-order valence-electron chi connectivity index (χ3n) is 10.2. The number of rotatable bonds is 5. The third kappa shape index (κ3) is 5.19. The molecule has 0 saturated heterocycles. The first-order valence-corrected chi connectivity index (χ1v) is 17.6. The van der Waals surface area contributed by atoms with E-state index in [0.717, 1.165) is 27.9 Å². The van der Waals surface area contributed by atoms with Crippen molar-refractivity contribution in [2.75, 3.05) is 0 Å². The average Bonchev–Trinajstić information content (AvgIpc) is 3.22. The normalized spacial score (nSPS) is 11.5. The van der Waals surface area contributed by atoms with Crippen molar-refractivity contribution in [2.24, 2.45) is 0 Å². The average molecular weight is 662 g/mol. The summed E-state index contributed by atoms with van der Waals surface area (Å²) in [5.41, 5.74) is 9.94. The van der Waals surface area contributed by atoms with Gasteiger partial charge in [0.1, 0.15) is 0 Å². The molecule has 0 unspecified atom stereocenters. The minimum Gasteiger partial charge on any atom is -0.264 e. The van der Waals surface area contributed by atoms with Crippen molar-refractivity contribution in [2.45, 2.75) is 0 Å². The highest BCUT2D eigenvalue weighted by Crippen LogP contribution is 2.45. The zero-order valence-electron chi connectivity index (χ0n) is 28.2. The highest BCUT2D eigenvalue weighted by molar-refractivity contribution is 6.22. The summed E-state index contributed by atoms with van der Waals surface area (Å²) >= 11 is 0. The van der Waals surface area contributed by atoms with E-state index in [4.69, 9.17) is 9.97 Å². The molecule has 52 heavy (non-hydrogen) atoms.